The Kier molecular flexibility index (Phi) is 4.26. The lowest BCUT2D eigenvalue weighted by Crippen LogP contribution is -2.31. The number of benzene rings is 1. The summed E-state index contributed by atoms with van der Waals surface area (Å²) in [6, 6.07) is 9.30. The molecule has 1 aromatic carbocycles. The van der Waals surface area contributed by atoms with Gasteiger partial charge in [-0.15, -0.1) is 0 Å². The first kappa shape index (κ1) is 18.0. The highest BCUT2D eigenvalue weighted by atomic mass is 16.4. The summed E-state index contributed by atoms with van der Waals surface area (Å²) in [4.78, 5) is 43.1. The average molecular weight is 381 g/mol. The highest BCUT2D eigenvalue weighted by molar-refractivity contribution is 6.06. The number of hydrogen-bond donors (Lipinski definition) is 1. The number of fused-ring (bicyclic) bond motifs is 1. The third kappa shape index (κ3) is 2.77. The third-order valence-corrected chi connectivity index (χ3v) is 5.31. The second-order valence-corrected chi connectivity index (χ2v) is 7.05. The molecule has 1 aliphatic rings. The number of carbonyl (C=O) groups is 2. The number of aliphatic carboxylic acids is 1. The molecule has 8 nitrogen and oxygen atoms in total. The molecule has 1 saturated heterocycles. The van der Waals surface area contributed by atoms with Crippen molar-refractivity contribution in [3.05, 3.63) is 63.9 Å². The molecule has 2 aromatic heterocycles. The van der Waals surface area contributed by atoms with Crippen LogP contribution in [0.25, 0.3) is 11.1 Å². The fraction of sp³-hybridized carbons (Fsp3) is 0.300. The van der Waals surface area contributed by atoms with E-state index in [1.54, 1.807) is 14.0 Å². The Morgan fingerprint density at radius 3 is 2.61 bits per heavy atom. The number of aromatic nitrogens is 2. The molecule has 2 atom stereocenters. The summed E-state index contributed by atoms with van der Waals surface area (Å²) >= 11 is 0. The average Bonchev–Trinajstić information content (AvgIpc) is 3.27. The molecule has 8 heteroatoms. The highest BCUT2D eigenvalue weighted by Gasteiger charge is 2.41. The molecule has 0 unspecified atom stereocenters. The number of hydrogen-bond acceptors (Lipinski definition) is 5. The fourth-order valence-electron chi connectivity index (χ4n) is 3.86. The highest BCUT2D eigenvalue weighted by Crippen LogP contribution is 2.34. The van der Waals surface area contributed by atoms with E-state index in [0.29, 0.717) is 5.76 Å². The monoisotopic (exact) mass is 381 g/mol. The molecule has 1 amide bonds. The van der Waals surface area contributed by atoms with Crippen molar-refractivity contribution in [2.45, 2.75) is 12.8 Å². The van der Waals surface area contributed by atoms with Gasteiger partial charge in [-0.25, -0.2) is 4.98 Å². The summed E-state index contributed by atoms with van der Waals surface area (Å²) < 4.78 is 6.80. The molecule has 0 spiro atoms. The van der Waals surface area contributed by atoms with Gasteiger partial charge in [0.1, 0.15) is 17.5 Å². The van der Waals surface area contributed by atoms with E-state index < -0.39 is 17.8 Å². The van der Waals surface area contributed by atoms with Crippen LogP contribution in [0, 0.1) is 12.8 Å². The van der Waals surface area contributed by atoms with Crippen molar-refractivity contribution in [1.29, 1.82) is 0 Å². The van der Waals surface area contributed by atoms with Crippen LogP contribution in [0.2, 0.25) is 0 Å². The molecule has 4 rings (SSSR count). The number of carbonyl (C=O) groups excluding carboxylic acids is 1. The normalized spacial score (nSPS) is 19.3. The number of amides is 1. The van der Waals surface area contributed by atoms with Crippen LogP contribution in [0.1, 0.15) is 27.6 Å². The van der Waals surface area contributed by atoms with Gasteiger partial charge in [0.15, 0.2) is 0 Å². The molecule has 0 aliphatic carbocycles. The Bertz CT molecular complexity index is 1130. The quantitative estimate of drug-likeness (QED) is 0.741. The number of likely N-dealkylation sites (tertiary alicyclic amines) is 1. The Labute approximate surface area is 160 Å². The molecule has 0 radical (unpaired) electrons. The molecule has 3 heterocycles. The summed E-state index contributed by atoms with van der Waals surface area (Å²) in [6.07, 6.45) is 1.34. The van der Waals surface area contributed by atoms with Crippen molar-refractivity contribution >= 4 is 23.0 Å². The molecule has 144 valence electrons. The summed E-state index contributed by atoms with van der Waals surface area (Å²) in [5, 5.41) is 9.79. The third-order valence-electron chi connectivity index (χ3n) is 5.31. The number of carboxylic acids is 1. The standard InChI is InChI=1S/C20H19N3O5/c1-11-15(16-17(28-11)21-10-22(2)18(16)24)19(25)23-8-13(14(9-23)20(26)27)12-6-4-3-5-7-12/h3-7,10,13-14H,8-9H2,1-2H3,(H,26,27)/t13-,14-/m0/s1. The van der Waals surface area contributed by atoms with Gasteiger partial charge in [-0.1, -0.05) is 30.3 Å². The zero-order valence-electron chi connectivity index (χ0n) is 15.5. The van der Waals surface area contributed by atoms with E-state index in [2.05, 4.69) is 4.98 Å². The number of furan rings is 1. The van der Waals surface area contributed by atoms with Gasteiger partial charge in [-0.3, -0.25) is 14.4 Å². The van der Waals surface area contributed by atoms with Crippen LogP contribution >= 0.6 is 0 Å². The SMILES string of the molecule is Cc1oc2ncn(C)c(=O)c2c1C(=O)N1C[C@H](C(=O)O)[C@H](c2ccccc2)C1. The molecule has 28 heavy (non-hydrogen) atoms. The Balaban J connectivity index is 1.74. The van der Waals surface area contributed by atoms with Gasteiger partial charge in [-0.05, 0) is 12.5 Å². The van der Waals surface area contributed by atoms with Crippen LogP contribution in [0.4, 0.5) is 0 Å². The first-order valence-corrected chi connectivity index (χ1v) is 8.90. The first-order chi connectivity index (χ1) is 13.4. The zero-order chi connectivity index (χ0) is 20.0. The summed E-state index contributed by atoms with van der Waals surface area (Å²) in [7, 11) is 1.55. The summed E-state index contributed by atoms with van der Waals surface area (Å²) in [5.74, 6) is -2.10. The molecular formula is C20H19N3O5. The minimum absolute atomic E-state index is 0.0699. The van der Waals surface area contributed by atoms with Crippen molar-refractivity contribution in [2.24, 2.45) is 13.0 Å². The topological polar surface area (TPSA) is 106 Å². The lowest BCUT2D eigenvalue weighted by Gasteiger charge is -2.16. The molecule has 1 N–H and O–H groups in total. The number of nitrogens with zero attached hydrogens (tertiary/aromatic N) is 3. The minimum Gasteiger partial charge on any atom is -0.481 e. The largest absolute Gasteiger partial charge is 0.481 e. The Morgan fingerprint density at radius 2 is 1.93 bits per heavy atom. The Morgan fingerprint density at radius 1 is 1.21 bits per heavy atom. The maximum atomic E-state index is 13.2. The molecule has 0 saturated carbocycles. The lowest BCUT2D eigenvalue weighted by atomic mass is 9.89. The van der Waals surface area contributed by atoms with Gasteiger partial charge in [0, 0.05) is 26.1 Å². The molecule has 0 bridgehead atoms. The van der Waals surface area contributed by atoms with Crippen LogP contribution in [-0.2, 0) is 11.8 Å². The first-order valence-electron chi connectivity index (χ1n) is 8.90. The van der Waals surface area contributed by atoms with Gasteiger partial charge in [-0.2, -0.15) is 0 Å². The van der Waals surface area contributed by atoms with Gasteiger partial charge in [0.05, 0.1) is 11.5 Å². The predicted molar refractivity (Wildman–Crippen MR) is 100 cm³/mol. The summed E-state index contributed by atoms with van der Waals surface area (Å²) in [6.45, 7) is 1.93. The lowest BCUT2D eigenvalue weighted by molar-refractivity contribution is -0.141. The van der Waals surface area contributed by atoms with Gasteiger partial charge in [0.25, 0.3) is 11.5 Å². The van der Waals surface area contributed by atoms with Crippen molar-refractivity contribution in [3.63, 3.8) is 0 Å². The van der Waals surface area contributed by atoms with Crippen LogP contribution < -0.4 is 5.56 Å². The maximum Gasteiger partial charge on any atom is 0.308 e. The van der Waals surface area contributed by atoms with Gasteiger partial charge >= 0.3 is 5.97 Å². The zero-order valence-corrected chi connectivity index (χ0v) is 15.5. The molecular weight excluding hydrogens is 362 g/mol. The smallest absolute Gasteiger partial charge is 0.308 e. The van der Waals surface area contributed by atoms with Crippen molar-refractivity contribution in [2.75, 3.05) is 13.1 Å². The van der Waals surface area contributed by atoms with E-state index in [1.165, 1.54) is 15.8 Å². The second-order valence-electron chi connectivity index (χ2n) is 7.05. The van der Waals surface area contributed by atoms with Crippen molar-refractivity contribution in [1.82, 2.24) is 14.5 Å². The minimum atomic E-state index is -0.949. The number of carboxylic acid groups (broad SMARTS) is 1. The maximum absolute atomic E-state index is 13.2. The molecule has 1 fully saturated rings. The van der Waals surface area contributed by atoms with Crippen LogP contribution in [-0.4, -0.2) is 44.5 Å². The second kappa shape index (κ2) is 6.63. The van der Waals surface area contributed by atoms with Crippen LogP contribution in [0.15, 0.2) is 45.9 Å². The van der Waals surface area contributed by atoms with Gasteiger partial charge in [0.2, 0.25) is 5.71 Å². The Hall–Kier alpha value is -3.42. The van der Waals surface area contributed by atoms with Crippen LogP contribution in [0.5, 0.6) is 0 Å². The number of rotatable bonds is 3. The number of aryl methyl sites for hydroxylation is 2. The predicted octanol–water partition coefficient (Wildman–Crippen LogP) is 1.78. The fourth-order valence-corrected chi connectivity index (χ4v) is 3.86. The summed E-state index contributed by atoms with van der Waals surface area (Å²) in [5.41, 5.74) is 0.759. The van der Waals surface area contributed by atoms with E-state index in [9.17, 15) is 19.5 Å². The van der Waals surface area contributed by atoms with E-state index >= 15 is 0 Å². The van der Waals surface area contributed by atoms with Crippen molar-refractivity contribution in [3.8, 4) is 0 Å². The van der Waals surface area contributed by atoms with E-state index in [-0.39, 0.29) is 41.2 Å². The van der Waals surface area contributed by atoms with E-state index in [1.807, 2.05) is 30.3 Å². The van der Waals surface area contributed by atoms with Crippen molar-refractivity contribution < 1.29 is 19.1 Å². The van der Waals surface area contributed by atoms with Crippen LogP contribution in [0.3, 0.4) is 0 Å². The van der Waals surface area contributed by atoms with E-state index in [0.717, 1.165) is 5.56 Å². The molecule has 3 aromatic rings. The van der Waals surface area contributed by atoms with Gasteiger partial charge < -0.3 is 19.0 Å². The molecule has 1 aliphatic heterocycles. The van der Waals surface area contributed by atoms with E-state index in [4.69, 9.17) is 4.42 Å².